The lowest BCUT2D eigenvalue weighted by atomic mass is 9.96. The molecule has 1 rings (SSSR count). The Hall–Kier alpha value is -2.99. The van der Waals surface area contributed by atoms with Crippen molar-refractivity contribution < 1.29 is 29.4 Å². The molecule has 1 aromatic heterocycles. The highest BCUT2D eigenvalue weighted by molar-refractivity contribution is 5.94. The molecule has 0 aliphatic rings. The van der Waals surface area contributed by atoms with E-state index in [9.17, 15) is 29.4 Å². The van der Waals surface area contributed by atoms with Gasteiger partial charge < -0.3 is 36.9 Å². The van der Waals surface area contributed by atoms with Crippen molar-refractivity contribution in [2.45, 2.75) is 84.2 Å². The Kier molecular flexibility index (Phi) is 11.7. The maximum absolute atomic E-state index is 13.2. The van der Waals surface area contributed by atoms with Gasteiger partial charge in [0.25, 0.3) is 0 Å². The average molecular weight is 483 g/mol. The Morgan fingerprint density at radius 2 is 1.65 bits per heavy atom. The van der Waals surface area contributed by atoms with Gasteiger partial charge in [0.15, 0.2) is 0 Å². The first-order chi connectivity index (χ1) is 15.9. The minimum absolute atomic E-state index is 0.0187. The molecule has 8 N–H and O–H groups in total. The zero-order valence-electron chi connectivity index (χ0n) is 20.4. The van der Waals surface area contributed by atoms with Gasteiger partial charge in [-0.2, -0.15) is 0 Å². The van der Waals surface area contributed by atoms with E-state index in [0.29, 0.717) is 12.1 Å². The van der Waals surface area contributed by atoms with Gasteiger partial charge in [-0.15, -0.1) is 0 Å². The van der Waals surface area contributed by atoms with Crippen LogP contribution in [0, 0.1) is 11.8 Å². The van der Waals surface area contributed by atoms with E-state index in [2.05, 4.69) is 25.9 Å². The third kappa shape index (κ3) is 9.10. The van der Waals surface area contributed by atoms with Crippen LogP contribution in [0.2, 0.25) is 0 Å². The monoisotopic (exact) mass is 482 g/mol. The van der Waals surface area contributed by atoms with E-state index in [4.69, 9.17) is 5.73 Å². The summed E-state index contributed by atoms with van der Waals surface area (Å²) in [5.74, 6) is -3.47. The van der Waals surface area contributed by atoms with Crippen molar-refractivity contribution in [2.24, 2.45) is 17.6 Å². The summed E-state index contributed by atoms with van der Waals surface area (Å²) in [6, 6.07) is -4.50. The van der Waals surface area contributed by atoms with Crippen molar-refractivity contribution in [3.63, 3.8) is 0 Å². The number of carboxylic acids is 1. The van der Waals surface area contributed by atoms with Crippen LogP contribution in [-0.4, -0.2) is 74.1 Å². The molecule has 0 aromatic carbocycles. The number of hydrogen-bond donors (Lipinski definition) is 7. The standard InChI is InChI=1S/C22H38N6O6/c1-6-12(4)18(28-20(31)17(23)13(5)29)21(32)26-15(8-14-9-24-10-25-14)19(30)27-16(22(33)34)7-11(2)3/h9-13,15-18,29H,6-8,23H2,1-5H3,(H,24,25)(H,26,32)(H,27,30)(H,28,31)(H,33,34). The van der Waals surface area contributed by atoms with Gasteiger partial charge in [-0.25, -0.2) is 9.78 Å². The lowest BCUT2D eigenvalue weighted by Gasteiger charge is -2.28. The van der Waals surface area contributed by atoms with Crippen LogP contribution < -0.4 is 21.7 Å². The summed E-state index contributed by atoms with van der Waals surface area (Å²) in [6.07, 6.45) is 2.58. The van der Waals surface area contributed by atoms with E-state index in [1.54, 1.807) is 6.92 Å². The number of nitrogens with one attached hydrogen (secondary N) is 4. The van der Waals surface area contributed by atoms with Crippen molar-refractivity contribution in [2.75, 3.05) is 0 Å². The first kappa shape index (κ1) is 29.0. The second kappa shape index (κ2) is 13.7. The molecule has 0 saturated heterocycles. The summed E-state index contributed by atoms with van der Waals surface area (Å²) in [5, 5.41) is 26.8. The van der Waals surface area contributed by atoms with E-state index in [1.807, 2.05) is 20.8 Å². The fourth-order valence-electron chi connectivity index (χ4n) is 3.22. The Bertz CT molecular complexity index is 813. The number of aliphatic carboxylic acids is 1. The van der Waals surface area contributed by atoms with E-state index in [0.717, 1.165) is 0 Å². The number of nitrogens with two attached hydrogens (primary N) is 1. The number of aromatic amines is 1. The molecule has 192 valence electrons. The molecule has 0 fully saturated rings. The van der Waals surface area contributed by atoms with Crippen LogP contribution in [-0.2, 0) is 25.6 Å². The normalized spacial score (nSPS) is 16.6. The zero-order chi connectivity index (χ0) is 26.0. The Morgan fingerprint density at radius 3 is 2.12 bits per heavy atom. The maximum atomic E-state index is 13.2. The molecule has 1 aromatic rings. The van der Waals surface area contributed by atoms with Gasteiger partial charge in [-0.1, -0.05) is 34.1 Å². The molecular weight excluding hydrogens is 444 g/mol. The van der Waals surface area contributed by atoms with Crippen LogP contribution in [0.3, 0.4) is 0 Å². The lowest BCUT2D eigenvalue weighted by molar-refractivity contribution is -0.143. The molecule has 34 heavy (non-hydrogen) atoms. The van der Waals surface area contributed by atoms with Crippen LogP contribution in [0.5, 0.6) is 0 Å². The van der Waals surface area contributed by atoms with Crippen molar-refractivity contribution in [1.29, 1.82) is 0 Å². The number of carbonyl (C=O) groups excluding carboxylic acids is 3. The maximum Gasteiger partial charge on any atom is 0.326 e. The summed E-state index contributed by atoms with van der Waals surface area (Å²) in [7, 11) is 0. The van der Waals surface area contributed by atoms with Crippen molar-refractivity contribution in [3.05, 3.63) is 18.2 Å². The number of amides is 3. The minimum Gasteiger partial charge on any atom is -0.480 e. The molecule has 6 unspecified atom stereocenters. The van der Waals surface area contributed by atoms with Crippen LogP contribution in [0.1, 0.15) is 53.2 Å². The molecule has 12 nitrogen and oxygen atoms in total. The number of aromatic nitrogens is 2. The molecule has 0 aliphatic carbocycles. The molecule has 3 amide bonds. The van der Waals surface area contributed by atoms with E-state index < -0.39 is 54.0 Å². The fourth-order valence-corrected chi connectivity index (χ4v) is 3.22. The summed E-state index contributed by atoms with van der Waals surface area (Å²) >= 11 is 0. The smallest absolute Gasteiger partial charge is 0.326 e. The van der Waals surface area contributed by atoms with Crippen molar-refractivity contribution >= 4 is 23.7 Å². The highest BCUT2D eigenvalue weighted by Gasteiger charge is 2.33. The quantitative estimate of drug-likeness (QED) is 0.180. The fraction of sp³-hybridized carbons (Fsp3) is 0.682. The number of imidazole rings is 1. The molecule has 0 saturated carbocycles. The van der Waals surface area contributed by atoms with Gasteiger partial charge in [0.2, 0.25) is 17.7 Å². The number of H-pyrrole nitrogens is 1. The molecule has 0 bridgehead atoms. The van der Waals surface area contributed by atoms with Crippen molar-refractivity contribution in [1.82, 2.24) is 25.9 Å². The van der Waals surface area contributed by atoms with Crippen LogP contribution in [0.4, 0.5) is 0 Å². The zero-order valence-corrected chi connectivity index (χ0v) is 20.4. The van der Waals surface area contributed by atoms with Gasteiger partial charge in [-0.3, -0.25) is 14.4 Å². The molecule has 0 radical (unpaired) electrons. The molecular formula is C22H38N6O6. The highest BCUT2D eigenvalue weighted by atomic mass is 16.4. The van der Waals surface area contributed by atoms with E-state index in [1.165, 1.54) is 19.4 Å². The average Bonchev–Trinajstić information content (AvgIpc) is 3.27. The summed E-state index contributed by atoms with van der Waals surface area (Å²) in [4.78, 5) is 56.9. The van der Waals surface area contributed by atoms with E-state index >= 15 is 0 Å². The first-order valence-electron chi connectivity index (χ1n) is 11.4. The molecule has 6 atom stereocenters. The molecule has 0 aliphatic heterocycles. The predicted molar refractivity (Wildman–Crippen MR) is 124 cm³/mol. The molecule has 0 spiro atoms. The largest absolute Gasteiger partial charge is 0.480 e. The van der Waals surface area contributed by atoms with Gasteiger partial charge in [-0.05, 0) is 25.2 Å². The highest BCUT2D eigenvalue weighted by Crippen LogP contribution is 2.11. The summed E-state index contributed by atoms with van der Waals surface area (Å²) < 4.78 is 0. The number of hydrogen-bond acceptors (Lipinski definition) is 7. The summed E-state index contributed by atoms with van der Waals surface area (Å²) in [6.45, 7) is 8.63. The van der Waals surface area contributed by atoms with Crippen LogP contribution in [0.15, 0.2) is 12.5 Å². The second-order valence-electron chi connectivity index (χ2n) is 9.01. The third-order valence-electron chi connectivity index (χ3n) is 5.55. The lowest BCUT2D eigenvalue weighted by Crippen LogP contribution is -2.60. The summed E-state index contributed by atoms with van der Waals surface area (Å²) in [5.41, 5.74) is 6.24. The predicted octanol–water partition coefficient (Wildman–Crippen LogP) is -0.708. The third-order valence-corrected chi connectivity index (χ3v) is 5.55. The molecule has 12 heteroatoms. The minimum atomic E-state index is -1.23. The van der Waals surface area contributed by atoms with Crippen LogP contribution in [0.25, 0.3) is 0 Å². The molecule has 1 heterocycles. The Labute approximate surface area is 199 Å². The van der Waals surface area contributed by atoms with Gasteiger partial charge in [0, 0.05) is 18.3 Å². The Morgan fingerprint density at radius 1 is 1.03 bits per heavy atom. The van der Waals surface area contributed by atoms with Gasteiger partial charge >= 0.3 is 5.97 Å². The number of carboxylic acid groups (broad SMARTS) is 1. The van der Waals surface area contributed by atoms with E-state index in [-0.39, 0.29) is 24.7 Å². The number of rotatable bonds is 14. The van der Waals surface area contributed by atoms with Crippen LogP contribution >= 0.6 is 0 Å². The number of aliphatic hydroxyl groups excluding tert-OH is 1. The first-order valence-corrected chi connectivity index (χ1v) is 11.4. The van der Waals surface area contributed by atoms with Gasteiger partial charge in [0.1, 0.15) is 24.2 Å². The van der Waals surface area contributed by atoms with Crippen molar-refractivity contribution in [3.8, 4) is 0 Å². The number of carbonyl (C=O) groups is 4. The SMILES string of the molecule is CCC(C)C(NC(=O)C(N)C(C)O)C(=O)NC(Cc1cnc[nH]1)C(=O)NC(CC(C)C)C(=O)O. The second-order valence-corrected chi connectivity index (χ2v) is 9.01. The Balaban J connectivity index is 3.10. The number of aliphatic hydroxyl groups is 1. The topological polar surface area (TPSA) is 200 Å². The number of nitrogens with zero attached hydrogens (tertiary/aromatic N) is 1. The van der Waals surface area contributed by atoms with Gasteiger partial charge in [0.05, 0.1) is 12.4 Å².